The smallest absolute Gasteiger partial charge is 0.137 e. The van der Waals surface area contributed by atoms with E-state index in [0.717, 1.165) is 15.6 Å². The first-order chi connectivity index (χ1) is 8.22. The molecule has 1 heterocycles. The highest BCUT2D eigenvalue weighted by Gasteiger charge is 2.12. The molecule has 2 N–H and O–H groups in total. The molecular formula is C13H13BrN2O. The lowest BCUT2D eigenvalue weighted by Crippen LogP contribution is -2.12. The van der Waals surface area contributed by atoms with Gasteiger partial charge in [0.25, 0.3) is 0 Å². The second-order valence-electron chi connectivity index (χ2n) is 3.66. The molecule has 1 aromatic heterocycles. The lowest BCUT2D eigenvalue weighted by atomic mass is 10.0. The Bertz CT molecular complexity index is 516. The minimum Gasteiger partial charge on any atom is -0.495 e. The molecule has 88 valence electrons. The Kier molecular flexibility index (Phi) is 3.76. The van der Waals surface area contributed by atoms with Crippen molar-refractivity contribution >= 4 is 15.9 Å². The summed E-state index contributed by atoms with van der Waals surface area (Å²) in [7, 11) is 1.62. The Balaban J connectivity index is 2.37. The molecule has 17 heavy (non-hydrogen) atoms. The van der Waals surface area contributed by atoms with Gasteiger partial charge >= 0.3 is 0 Å². The number of rotatable bonds is 3. The van der Waals surface area contributed by atoms with E-state index in [-0.39, 0.29) is 6.04 Å². The van der Waals surface area contributed by atoms with Crippen LogP contribution in [-0.4, -0.2) is 12.1 Å². The van der Waals surface area contributed by atoms with Crippen molar-refractivity contribution in [3.63, 3.8) is 0 Å². The molecule has 2 rings (SSSR count). The Morgan fingerprint density at radius 3 is 2.76 bits per heavy atom. The molecule has 2 aromatic rings. The normalized spacial score (nSPS) is 12.2. The lowest BCUT2D eigenvalue weighted by molar-refractivity contribution is 0.412. The number of aromatic nitrogens is 1. The maximum Gasteiger partial charge on any atom is 0.137 e. The molecule has 1 aromatic carbocycles. The number of hydrogen-bond acceptors (Lipinski definition) is 3. The van der Waals surface area contributed by atoms with Crippen molar-refractivity contribution in [1.82, 2.24) is 4.98 Å². The molecule has 0 saturated carbocycles. The van der Waals surface area contributed by atoms with Gasteiger partial charge < -0.3 is 10.5 Å². The van der Waals surface area contributed by atoms with Crippen molar-refractivity contribution in [3.05, 3.63) is 58.3 Å². The van der Waals surface area contributed by atoms with Gasteiger partial charge in [0.2, 0.25) is 0 Å². The van der Waals surface area contributed by atoms with E-state index in [1.807, 2.05) is 30.3 Å². The van der Waals surface area contributed by atoms with E-state index in [4.69, 9.17) is 10.5 Å². The zero-order chi connectivity index (χ0) is 12.3. The van der Waals surface area contributed by atoms with E-state index in [0.29, 0.717) is 5.75 Å². The highest BCUT2D eigenvalue weighted by molar-refractivity contribution is 9.10. The fourth-order valence-electron chi connectivity index (χ4n) is 1.62. The zero-order valence-corrected chi connectivity index (χ0v) is 11.0. The first-order valence-corrected chi connectivity index (χ1v) is 6.00. The molecule has 0 fully saturated rings. The number of methoxy groups -OCH3 is 1. The summed E-state index contributed by atoms with van der Waals surface area (Å²) < 4.78 is 6.14. The third-order valence-electron chi connectivity index (χ3n) is 2.57. The van der Waals surface area contributed by atoms with Crippen molar-refractivity contribution in [2.75, 3.05) is 7.11 Å². The van der Waals surface area contributed by atoms with Crippen LogP contribution in [-0.2, 0) is 0 Å². The Hall–Kier alpha value is -1.39. The van der Waals surface area contributed by atoms with Crippen LogP contribution in [0.25, 0.3) is 0 Å². The van der Waals surface area contributed by atoms with E-state index in [2.05, 4.69) is 20.9 Å². The molecule has 0 aliphatic rings. The van der Waals surface area contributed by atoms with Gasteiger partial charge in [-0.05, 0) is 23.3 Å². The molecule has 1 atom stereocenters. The second kappa shape index (κ2) is 5.29. The van der Waals surface area contributed by atoms with Crippen molar-refractivity contribution in [3.8, 4) is 5.75 Å². The van der Waals surface area contributed by atoms with Crippen LogP contribution in [0, 0.1) is 0 Å². The first-order valence-electron chi connectivity index (χ1n) is 5.21. The molecule has 3 nitrogen and oxygen atoms in total. The Labute approximate surface area is 109 Å². The lowest BCUT2D eigenvalue weighted by Gasteiger charge is -2.14. The largest absolute Gasteiger partial charge is 0.495 e. The maximum atomic E-state index is 6.22. The highest BCUT2D eigenvalue weighted by atomic mass is 79.9. The highest BCUT2D eigenvalue weighted by Crippen LogP contribution is 2.27. The molecule has 0 saturated heterocycles. The number of nitrogens with two attached hydrogens (primary N) is 1. The van der Waals surface area contributed by atoms with Gasteiger partial charge in [-0.25, -0.2) is 0 Å². The maximum absolute atomic E-state index is 6.22. The Morgan fingerprint density at radius 1 is 1.29 bits per heavy atom. The van der Waals surface area contributed by atoms with Gasteiger partial charge in [-0.15, -0.1) is 0 Å². The fraction of sp³-hybridized carbons (Fsp3) is 0.154. The molecule has 0 radical (unpaired) electrons. The fourth-order valence-corrected chi connectivity index (χ4v) is 2.16. The van der Waals surface area contributed by atoms with Crippen LogP contribution < -0.4 is 10.5 Å². The summed E-state index contributed by atoms with van der Waals surface area (Å²) in [5.74, 6) is 0.713. The number of benzene rings is 1. The Morgan fingerprint density at radius 2 is 2.06 bits per heavy atom. The van der Waals surface area contributed by atoms with E-state index < -0.39 is 0 Å². The summed E-state index contributed by atoms with van der Waals surface area (Å²) in [4.78, 5) is 4.11. The average Bonchev–Trinajstić information content (AvgIpc) is 2.38. The first kappa shape index (κ1) is 12.1. The van der Waals surface area contributed by atoms with Crippen LogP contribution in [0.5, 0.6) is 5.75 Å². The van der Waals surface area contributed by atoms with Crippen LogP contribution >= 0.6 is 15.9 Å². The second-order valence-corrected chi connectivity index (χ2v) is 4.51. The summed E-state index contributed by atoms with van der Waals surface area (Å²) in [5.41, 5.74) is 8.17. The van der Waals surface area contributed by atoms with Crippen molar-refractivity contribution < 1.29 is 4.74 Å². The molecular weight excluding hydrogens is 280 g/mol. The zero-order valence-electron chi connectivity index (χ0n) is 9.43. The molecule has 0 amide bonds. The van der Waals surface area contributed by atoms with Crippen LogP contribution in [0.3, 0.4) is 0 Å². The monoisotopic (exact) mass is 292 g/mol. The van der Waals surface area contributed by atoms with Crippen LogP contribution in [0.2, 0.25) is 0 Å². The van der Waals surface area contributed by atoms with Crippen LogP contribution in [0.15, 0.2) is 47.2 Å². The van der Waals surface area contributed by atoms with E-state index >= 15 is 0 Å². The number of halogens is 1. The summed E-state index contributed by atoms with van der Waals surface area (Å²) >= 11 is 3.50. The van der Waals surface area contributed by atoms with Crippen LogP contribution in [0.4, 0.5) is 0 Å². The van der Waals surface area contributed by atoms with Crippen LogP contribution in [0.1, 0.15) is 17.2 Å². The minimum atomic E-state index is -0.215. The molecule has 0 bridgehead atoms. The van der Waals surface area contributed by atoms with Gasteiger partial charge in [-0.3, -0.25) is 4.98 Å². The third kappa shape index (κ3) is 2.65. The van der Waals surface area contributed by atoms with Gasteiger partial charge in [0.15, 0.2) is 0 Å². The van der Waals surface area contributed by atoms with Gasteiger partial charge in [-0.2, -0.15) is 0 Å². The van der Waals surface area contributed by atoms with E-state index in [1.165, 1.54) is 0 Å². The van der Waals surface area contributed by atoms with Crippen molar-refractivity contribution in [2.24, 2.45) is 5.73 Å². The van der Waals surface area contributed by atoms with E-state index in [9.17, 15) is 0 Å². The number of nitrogens with zero attached hydrogens (tertiary/aromatic N) is 1. The predicted molar refractivity (Wildman–Crippen MR) is 71.0 cm³/mol. The quantitative estimate of drug-likeness (QED) is 0.946. The summed E-state index contributed by atoms with van der Waals surface area (Å²) in [5, 5.41) is 0. The number of ether oxygens (including phenoxy) is 1. The summed E-state index contributed by atoms with van der Waals surface area (Å²) in [6.45, 7) is 0. The third-order valence-corrected chi connectivity index (χ3v) is 3.29. The molecule has 4 heteroatoms. The number of pyridine rings is 1. The van der Waals surface area contributed by atoms with Crippen molar-refractivity contribution in [2.45, 2.75) is 6.04 Å². The molecule has 1 unspecified atom stereocenters. The summed E-state index contributed by atoms with van der Waals surface area (Å²) in [6.07, 6.45) is 3.42. The van der Waals surface area contributed by atoms with Gasteiger partial charge in [0.05, 0.1) is 19.3 Å². The average molecular weight is 293 g/mol. The number of hydrogen-bond donors (Lipinski definition) is 1. The van der Waals surface area contributed by atoms with Crippen molar-refractivity contribution in [1.29, 1.82) is 0 Å². The SMILES string of the molecule is COc1cncc(C(N)c2ccccc2Br)c1. The summed E-state index contributed by atoms with van der Waals surface area (Å²) in [6, 6.07) is 9.58. The molecule has 0 aliphatic heterocycles. The van der Waals surface area contributed by atoms with Gasteiger partial charge in [0, 0.05) is 10.7 Å². The minimum absolute atomic E-state index is 0.215. The molecule has 0 spiro atoms. The topological polar surface area (TPSA) is 48.1 Å². The van der Waals surface area contributed by atoms with Gasteiger partial charge in [0.1, 0.15) is 5.75 Å². The van der Waals surface area contributed by atoms with Gasteiger partial charge in [-0.1, -0.05) is 34.1 Å². The van der Waals surface area contributed by atoms with E-state index in [1.54, 1.807) is 19.5 Å². The predicted octanol–water partition coefficient (Wildman–Crippen LogP) is 2.90. The molecule has 0 aliphatic carbocycles. The standard InChI is InChI=1S/C13H13BrN2O/c1-17-10-6-9(7-16-8-10)13(15)11-4-2-3-5-12(11)14/h2-8,13H,15H2,1H3.